The van der Waals surface area contributed by atoms with Gasteiger partial charge in [0.15, 0.2) is 10.9 Å². The Balaban J connectivity index is 1.49. The average molecular weight is 506 g/mol. The number of ketones is 1. The first-order valence-electron chi connectivity index (χ1n) is 11.8. The van der Waals surface area contributed by atoms with Gasteiger partial charge in [0.1, 0.15) is 0 Å². The van der Waals surface area contributed by atoms with Gasteiger partial charge in [0.2, 0.25) is 0 Å². The summed E-state index contributed by atoms with van der Waals surface area (Å²) in [6, 6.07) is 32.7. The summed E-state index contributed by atoms with van der Waals surface area (Å²) in [6.45, 7) is 0.392. The number of carbonyl (C=O) groups excluding carboxylic acids is 2. The maximum Gasteiger partial charge on any atom is 0.266 e. The number of aromatic nitrogens is 2. The normalized spacial score (nSPS) is 10.8. The highest BCUT2D eigenvalue weighted by molar-refractivity contribution is 7.99. The maximum atomic E-state index is 13.6. The summed E-state index contributed by atoms with van der Waals surface area (Å²) in [5.74, 6) is -0.201. The Hall–Kier alpha value is -4.49. The minimum atomic E-state index is -0.262. The topological polar surface area (TPSA) is 81.1 Å². The van der Waals surface area contributed by atoms with Crippen molar-refractivity contribution in [2.75, 3.05) is 5.75 Å². The van der Waals surface area contributed by atoms with Gasteiger partial charge >= 0.3 is 0 Å². The van der Waals surface area contributed by atoms with Gasteiger partial charge in [-0.15, -0.1) is 0 Å². The highest BCUT2D eigenvalue weighted by Crippen LogP contribution is 2.23. The molecule has 182 valence electrons. The molecule has 0 unspecified atom stereocenters. The molecular formula is C30H23N3O3S. The average Bonchev–Trinajstić information content (AvgIpc) is 2.96. The molecule has 0 aliphatic carbocycles. The van der Waals surface area contributed by atoms with E-state index in [1.165, 1.54) is 16.3 Å². The molecule has 0 saturated carbocycles. The van der Waals surface area contributed by atoms with E-state index in [0.717, 1.165) is 5.56 Å². The van der Waals surface area contributed by atoms with Crippen molar-refractivity contribution in [2.24, 2.45) is 0 Å². The number of rotatable bonds is 8. The minimum Gasteiger partial charge on any atom is -0.348 e. The summed E-state index contributed by atoms with van der Waals surface area (Å²) >= 11 is 1.20. The van der Waals surface area contributed by atoms with Gasteiger partial charge in [0, 0.05) is 17.7 Å². The fraction of sp³-hybridized carbons (Fsp3) is 0.0667. The van der Waals surface area contributed by atoms with Crippen LogP contribution in [0.25, 0.3) is 16.6 Å². The zero-order valence-corrected chi connectivity index (χ0v) is 20.7. The lowest BCUT2D eigenvalue weighted by Crippen LogP contribution is -2.24. The Morgan fingerprint density at radius 3 is 2.14 bits per heavy atom. The van der Waals surface area contributed by atoms with Crippen molar-refractivity contribution in [3.63, 3.8) is 0 Å². The van der Waals surface area contributed by atoms with Gasteiger partial charge in [0.25, 0.3) is 11.5 Å². The number of fused-ring (bicyclic) bond motifs is 1. The number of nitrogens with one attached hydrogen (secondary N) is 1. The lowest BCUT2D eigenvalue weighted by molar-refractivity contribution is 0.0950. The third-order valence-electron chi connectivity index (χ3n) is 5.84. The van der Waals surface area contributed by atoms with E-state index < -0.39 is 0 Å². The second-order valence-corrected chi connectivity index (χ2v) is 9.29. The Morgan fingerprint density at radius 2 is 1.43 bits per heavy atom. The van der Waals surface area contributed by atoms with Gasteiger partial charge < -0.3 is 5.32 Å². The number of Topliss-reactive ketones (excluding diaryl/α,β-unsaturated/α-hetero) is 1. The molecule has 0 aliphatic rings. The lowest BCUT2D eigenvalue weighted by Gasteiger charge is -2.13. The molecule has 6 nitrogen and oxygen atoms in total. The summed E-state index contributed by atoms with van der Waals surface area (Å²) in [5.41, 5.74) is 2.79. The standard InChI is InChI=1S/C30H23N3O3S/c34-27(22-12-6-2-7-13-22)20-37-30-32-26-18-23(28(35)31-19-21-10-4-1-5-11-21)16-17-25(26)29(36)33(30)24-14-8-3-9-15-24/h1-18H,19-20H2,(H,31,35). The second kappa shape index (κ2) is 11.1. The minimum absolute atomic E-state index is 0.0615. The third kappa shape index (κ3) is 5.52. The second-order valence-electron chi connectivity index (χ2n) is 8.35. The van der Waals surface area contributed by atoms with Crippen LogP contribution in [0.2, 0.25) is 0 Å². The highest BCUT2D eigenvalue weighted by atomic mass is 32.2. The molecule has 0 spiro atoms. The molecule has 4 aromatic carbocycles. The van der Waals surface area contributed by atoms with E-state index in [4.69, 9.17) is 4.98 Å². The quantitative estimate of drug-likeness (QED) is 0.176. The number of nitrogens with zero attached hydrogens (tertiary/aromatic N) is 2. The number of carbonyl (C=O) groups is 2. The van der Waals surface area contributed by atoms with Crippen molar-refractivity contribution in [1.29, 1.82) is 0 Å². The van der Waals surface area contributed by atoms with Crippen molar-refractivity contribution >= 4 is 34.4 Å². The molecule has 0 radical (unpaired) electrons. The summed E-state index contributed by atoms with van der Waals surface area (Å²) in [6.07, 6.45) is 0. The Labute approximate surface area is 218 Å². The number of benzene rings is 4. The molecule has 0 bridgehead atoms. The Bertz CT molecular complexity index is 1620. The van der Waals surface area contributed by atoms with Crippen LogP contribution in [0.15, 0.2) is 119 Å². The zero-order chi connectivity index (χ0) is 25.6. The van der Waals surface area contributed by atoms with Crippen LogP contribution in [0.3, 0.4) is 0 Å². The van der Waals surface area contributed by atoms with Gasteiger partial charge in [-0.05, 0) is 35.9 Å². The van der Waals surface area contributed by atoms with Crippen molar-refractivity contribution in [1.82, 2.24) is 14.9 Å². The van der Waals surface area contributed by atoms with Crippen molar-refractivity contribution in [2.45, 2.75) is 11.7 Å². The van der Waals surface area contributed by atoms with Gasteiger partial charge in [-0.3, -0.25) is 19.0 Å². The van der Waals surface area contributed by atoms with E-state index >= 15 is 0 Å². The van der Waals surface area contributed by atoms with E-state index in [2.05, 4.69) is 5.32 Å². The predicted octanol–water partition coefficient (Wildman–Crippen LogP) is 5.29. The van der Waals surface area contributed by atoms with Crippen molar-refractivity contribution < 1.29 is 9.59 Å². The molecule has 1 aromatic heterocycles. The van der Waals surface area contributed by atoms with Gasteiger partial charge in [-0.1, -0.05) is 90.6 Å². The van der Waals surface area contributed by atoms with Gasteiger partial charge in [-0.2, -0.15) is 0 Å². The molecule has 1 amide bonds. The van der Waals surface area contributed by atoms with Crippen LogP contribution in [-0.4, -0.2) is 27.0 Å². The number of thioether (sulfide) groups is 1. The van der Waals surface area contributed by atoms with Crippen molar-refractivity contribution in [3.05, 3.63) is 136 Å². The molecule has 0 saturated heterocycles. The van der Waals surface area contributed by atoms with Gasteiger partial charge in [0.05, 0.1) is 22.3 Å². The highest BCUT2D eigenvalue weighted by Gasteiger charge is 2.17. The van der Waals surface area contributed by atoms with Crippen LogP contribution < -0.4 is 10.9 Å². The smallest absolute Gasteiger partial charge is 0.266 e. The van der Waals surface area contributed by atoms with Crippen LogP contribution in [0.5, 0.6) is 0 Å². The zero-order valence-electron chi connectivity index (χ0n) is 19.8. The molecular weight excluding hydrogens is 482 g/mol. The number of hydrogen-bond donors (Lipinski definition) is 1. The molecule has 7 heteroatoms. The first-order chi connectivity index (χ1) is 18.1. The van der Waals surface area contributed by atoms with Crippen LogP contribution in [0.4, 0.5) is 0 Å². The number of para-hydroxylation sites is 1. The van der Waals surface area contributed by atoms with E-state index in [-0.39, 0.29) is 23.0 Å². The van der Waals surface area contributed by atoms with E-state index in [1.807, 2.05) is 78.9 Å². The Kier molecular flexibility index (Phi) is 7.23. The fourth-order valence-corrected chi connectivity index (χ4v) is 4.83. The maximum absolute atomic E-state index is 13.6. The lowest BCUT2D eigenvalue weighted by atomic mass is 10.1. The largest absolute Gasteiger partial charge is 0.348 e. The molecule has 37 heavy (non-hydrogen) atoms. The molecule has 0 fully saturated rings. The number of amides is 1. The number of hydrogen-bond acceptors (Lipinski definition) is 5. The van der Waals surface area contributed by atoms with Crippen LogP contribution >= 0.6 is 11.8 Å². The summed E-state index contributed by atoms with van der Waals surface area (Å²) in [7, 11) is 0. The first kappa shape index (κ1) is 24.2. The molecule has 5 rings (SSSR count). The SMILES string of the molecule is O=C(CSc1nc2cc(C(=O)NCc3ccccc3)ccc2c(=O)n1-c1ccccc1)c1ccccc1. The predicted molar refractivity (Wildman–Crippen MR) is 146 cm³/mol. The van der Waals surface area contributed by atoms with Crippen LogP contribution in [-0.2, 0) is 6.54 Å². The van der Waals surface area contributed by atoms with Crippen molar-refractivity contribution in [3.8, 4) is 5.69 Å². The Morgan fingerprint density at radius 1 is 0.784 bits per heavy atom. The summed E-state index contributed by atoms with van der Waals surface area (Å²) in [4.78, 5) is 43.9. The summed E-state index contributed by atoms with van der Waals surface area (Å²) < 4.78 is 1.51. The van der Waals surface area contributed by atoms with E-state index in [1.54, 1.807) is 30.3 Å². The molecule has 1 N–H and O–H groups in total. The third-order valence-corrected chi connectivity index (χ3v) is 6.78. The van der Waals surface area contributed by atoms with E-state index in [0.29, 0.717) is 39.4 Å². The molecule has 0 atom stereocenters. The van der Waals surface area contributed by atoms with Crippen LogP contribution in [0.1, 0.15) is 26.3 Å². The van der Waals surface area contributed by atoms with E-state index in [9.17, 15) is 14.4 Å². The molecule has 5 aromatic rings. The van der Waals surface area contributed by atoms with Gasteiger partial charge in [-0.25, -0.2) is 4.98 Å². The fourth-order valence-electron chi connectivity index (χ4n) is 3.93. The first-order valence-corrected chi connectivity index (χ1v) is 12.7. The van der Waals surface area contributed by atoms with Crippen LogP contribution in [0, 0.1) is 0 Å². The molecule has 1 heterocycles. The molecule has 0 aliphatic heterocycles. The monoisotopic (exact) mass is 505 g/mol. The summed E-state index contributed by atoms with van der Waals surface area (Å²) in [5, 5.41) is 3.68.